The van der Waals surface area contributed by atoms with Crippen molar-refractivity contribution >= 4 is 38.3 Å². The zero-order chi connectivity index (χ0) is 20.4. The summed E-state index contributed by atoms with van der Waals surface area (Å²) in [5.41, 5.74) is 3.38. The van der Waals surface area contributed by atoms with Crippen LogP contribution in [0.25, 0.3) is 5.13 Å². The highest BCUT2D eigenvalue weighted by Gasteiger charge is 2.28. The molecule has 1 saturated heterocycles. The molecule has 6 nitrogen and oxygen atoms in total. The lowest BCUT2D eigenvalue weighted by molar-refractivity contribution is -0.125. The van der Waals surface area contributed by atoms with Gasteiger partial charge in [0.1, 0.15) is 0 Å². The maximum atomic E-state index is 12.8. The molecule has 1 aliphatic rings. The molecule has 0 saturated carbocycles. The Morgan fingerprint density at radius 3 is 2.66 bits per heavy atom. The van der Waals surface area contributed by atoms with Crippen LogP contribution in [0, 0.1) is 19.8 Å². The molecule has 0 aliphatic carbocycles. The first-order valence-corrected chi connectivity index (χ1v) is 11.4. The third-order valence-electron chi connectivity index (χ3n) is 5.34. The second-order valence-corrected chi connectivity index (χ2v) is 9.20. The first-order chi connectivity index (χ1) is 14.0. The molecule has 4 rings (SSSR count). The molecule has 0 bridgehead atoms. The van der Waals surface area contributed by atoms with E-state index in [0.717, 1.165) is 51.1 Å². The minimum Gasteiger partial charge on any atom is -0.352 e. The molecule has 1 N–H and O–H groups in total. The van der Waals surface area contributed by atoms with Crippen molar-refractivity contribution in [2.24, 2.45) is 5.92 Å². The van der Waals surface area contributed by atoms with Crippen LogP contribution < -0.4 is 10.2 Å². The van der Waals surface area contributed by atoms with E-state index in [2.05, 4.69) is 66.9 Å². The number of benzene rings is 1. The van der Waals surface area contributed by atoms with Crippen LogP contribution in [0.1, 0.15) is 29.8 Å². The summed E-state index contributed by atoms with van der Waals surface area (Å²) in [7, 11) is 0. The number of hydrogen-bond acceptors (Lipinski definition) is 5. The van der Waals surface area contributed by atoms with Crippen molar-refractivity contribution in [2.45, 2.75) is 33.2 Å². The van der Waals surface area contributed by atoms with Gasteiger partial charge in [-0.3, -0.25) is 9.36 Å². The molecule has 1 fully saturated rings. The summed E-state index contributed by atoms with van der Waals surface area (Å²) in [6, 6.07) is 12.1. The quantitative estimate of drug-likeness (QED) is 0.601. The molecule has 8 heteroatoms. The molecule has 0 unspecified atom stereocenters. The fraction of sp³-hybridized carbons (Fsp3) is 0.381. The number of nitrogens with zero attached hydrogens (tertiary/aromatic N) is 4. The van der Waals surface area contributed by atoms with Crippen LogP contribution in [-0.4, -0.2) is 33.8 Å². The standard InChI is InChI=1S/C21H24BrN5OS/c1-14-9-10-15(2)27(14)21-25-24-20(29-21)26-11-5-7-17(13-26)19(28)23-12-16-6-3-4-8-18(16)22/h3-4,6,8-10,17H,5,7,11-13H2,1-2H3,(H,23,28)/t17-/m0/s1. The fourth-order valence-electron chi connectivity index (χ4n) is 3.73. The van der Waals surface area contributed by atoms with E-state index in [-0.39, 0.29) is 11.8 Å². The van der Waals surface area contributed by atoms with Gasteiger partial charge in [-0.1, -0.05) is 45.5 Å². The Bertz CT molecular complexity index is 995. The van der Waals surface area contributed by atoms with E-state index >= 15 is 0 Å². The summed E-state index contributed by atoms with van der Waals surface area (Å²) < 4.78 is 3.13. The van der Waals surface area contributed by atoms with E-state index in [1.165, 1.54) is 0 Å². The summed E-state index contributed by atoms with van der Waals surface area (Å²) in [5.74, 6) is 0.0703. The predicted molar refractivity (Wildman–Crippen MR) is 120 cm³/mol. The highest BCUT2D eigenvalue weighted by atomic mass is 79.9. The second kappa shape index (κ2) is 8.67. The molecular formula is C21H24BrN5OS. The van der Waals surface area contributed by atoms with E-state index < -0.39 is 0 Å². The van der Waals surface area contributed by atoms with Crippen molar-refractivity contribution in [2.75, 3.05) is 18.0 Å². The number of piperidine rings is 1. The molecule has 1 aliphatic heterocycles. The number of hydrogen-bond donors (Lipinski definition) is 1. The molecule has 152 valence electrons. The summed E-state index contributed by atoms with van der Waals surface area (Å²) >= 11 is 5.12. The zero-order valence-electron chi connectivity index (χ0n) is 16.6. The van der Waals surface area contributed by atoms with Gasteiger partial charge in [0, 0.05) is 35.5 Å². The van der Waals surface area contributed by atoms with Crippen LogP contribution >= 0.6 is 27.3 Å². The molecule has 0 spiro atoms. The Hall–Kier alpha value is -2.19. The molecule has 1 amide bonds. The van der Waals surface area contributed by atoms with Crippen LogP contribution in [-0.2, 0) is 11.3 Å². The maximum absolute atomic E-state index is 12.8. The van der Waals surface area contributed by atoms with Crippen LogP contribution in [0.2, 0.25) is 0 Å². The Balaban J connectivity index is 1.41. The summed E-state index contributed by atoms with van der Waals surface area (Å²) in [4.78, 5) is 14.9. The van der Waals surface area contributed by atoms with Crippen LogP contribution in [0.4, 0.5) is 5.13 Å². The smallest absolute Gasteiger partial charge is 0.225 e. The Morgan fingerprint density at radius 2 is 1.90 bits per heavy atom. The molecule has 3 heterocycles. The number of aromatic nitrogens is 3. The highest BCUT2D eigenvalue weighted by Crippen LogP contribution is 2.29. The molecular weight excluding hydrogens is 450 g/mol. The third-order valence-corrected chi connectivity index (χ3v) is 7.08. The van der Waals surface area contributed by atoms with Gasteiger partial charge >= 0.3 is 0 Å². The minimum absolute atomic E-state index is 0.0337. The summed E-state index contributed by atoms with van der Waals surface area (Å²) in [5, 5.41) is 13.7. The van der Waals surface area contributed by atoms with E-state index in [1.807, 2.05) is 24.3 Å². The van der Waals surface area contributed by atoms with Crippen molar-refractivity contribution < 1.29 is 4.79 Å². The minimum atomic E-state index is -0.0337. The van der Waals surface area contributed by atoms with Crippen LogP contribution in [0.3, 0.4) is 0 Å². The van der Waals surface area contributed by atoms with Crippen molar-refractivity contribution in [3.8, 4) is 5.13 Å². The molecule has 1 aromatic carbocycles. The Morgan fingerprint density at radius 1 is 1.17 bits per heavy atom. The van der Waals surface area contributed by atoms with E-state index in [1.54, 1.807) is 11.3 Å². The van der Waals surface area contributed by atoms with Crippen molar-refractivity contribution in [3.05, 3.63) is 57.8 Å². The largest absolute Gasteiger partial charge is 0.352 e. The number of carbonyl (C=O) groups is 1. The second-order valence-electron chi connectivity index (χ2n) is 7.41. The lowest BCUT2D eigenvalue weighted by atomic mass is 9.97. The van der Waals surface area contributed by atoms with E-state index in [0.29, 0.717) is 13.1 Å². The third kappa shape index (κ3) is 4.38. The molecule has 2 aromatic heterocycles. The van der Waals surface area contributed by atoms with Gasteiger partial charge in [0.25, 0.3) is 0 Å². The fourth-order valence-corrected chi connectivity index (χ4v) is 5.16. The van der Waals surface area contributed by atoms with Gasteiger partial charge in [0.05, 0.1) is 5.92 Å². The van der Waals surface area contributed by atoms with Gasteiger partial charge < -0.3 is 10.2 Å². The monoisotopic (exact) mass is 473 g/mol. The van der Waals surface area contributed by atoms with Gasteiger partial charge in [-0.05, 0) is 50.5 Å². The number of nitrogens with one attached hydrogen (secondary N) is 1. The molecule has 29 heavy (non-hydrogen) atoms. The number of amides is 1. The topological polar surface area (TPSA) is 63.1 Å². The number of carbonyl (C=O) groups excluding carboxylic acids is 1. The zero-order valence-corrected chi connectivity index (χ0v) is 19.0. The lowest BCUT2D eigenvalue weighted by Gasteiger charge is -2.31. The summed E-state index contributed by atoms with van der Waals surface area (Å²) in [6.07, 6.45) is 1.88. The van der Waals surface area contributed by atoms with Crippen LogP contribution in [0.15, 0.2) is 40.9 Å². The Labute approximate surface area is 183 Å². The van der Waals surface area contributed by atoms with E-state index in [4.69, 9.17) is 0 Å². The highest BCUT2D eigenvalue weighted by molar-refractivity contribution is 9.10. The van der Waals surface area contributed by atoms with Gasteiger partial charge in [-0.2, -0.15) is 0 Å². The SMILES string of the molecule is Cc1ccc(C)n1-c1nnc(N2CCC[C@H](C(=O)NCc3ccccc3Br)C2)s1. The first-order valence-electron chi connectivity index (χ1n) is 9.78. The molecule has 0 radical (unpaired) electrons. The summed E-state index contributed by atoms with van der Waals surface area (Å²) in [6.45, 7) is 6.26. The van der Waals surface area contributed by atoms with E-state index in [9.17, 15) is 4.79 Å². The number of anilines is 1. The van der Waals surface area contributed by atoms with Gasteiger partial charge in [-0.25, -0.2) is 0 Å². The van der Waals surface area contributed by atoms with Gasteiger partial charge in [0.2, 0.25) is 16.2 Å². The van der Waals surface area contributed by atoms with Crippen LogP contribution in [0.5, 0.6) is 0 Å². The number of rotatable bonds is 5. The maximum Gasteiger partial charge on any atom is 0.225 e. The van der Waals surface area contributed by atoms with Gasteiger partial charge in [0.15, 0.2) is 0 Å². The van der Waals surface area contributed by atoms with Gasteiger partial charge in [-0.15, -0.1) is 10.2 Å². The van der Waals surface area contributed by atoms with Crippen molar-refractivity contribution in [1.82, 2.24) is 20.1 Å². The predicted octanol–water partition coefficient (Wildman–Crippen LogP) is 4.24. The number of halogens is 1. The van der Waals surface area contributed by atoms with Crippen molar-refractivity contribution in [1.29, 1.82) is 0 Å². The van der Waals surface area contributed by atoms with Crippen molar-refractivity contribution in [3.63, 3.8) is 0 Å². The normalized spacial score (nSPS) is 16.8. The average molecular weight is 474 g/mol. The number of aryl methyl sites for hydroxylation is 2. The Kier molecular flexibility index (Phi) is 6.01. The molecule has 1 atom stereocenters. The lowest BCUT2D eigenvalue weighted by Crippen LogP contribution is -2.43. The first kappa shape index (κ1) is 20.1. The average Bonchev–Trinajstić information content (AvgIpc) is 3.33. The molecule has 3 aromatic rings.